The number of methoxy groups -OCH3 is 1. The molecule has 35 heteroatoms. The molecular formula is C62H73ClN11NaO20S2. The Bertz CT molecular complexity index is 3620. The van der Waals surface area contributed by atoms with Crippen LogP contribution in [0.1, 0.15) is 67.4 Å². The molecule has 1 aromatic heterocycles. The third-order valence-electron chi connectivity index (χ3n) is 17.4. The number of hydrogen-bond donors (Lipinski definition) is 13. The summed E-state index contributed by atoms with van der Waals surface area (Å²) in [6, 6.07) is 13.5. The molecule has 13 atom stereocenters. The van der Waals surface area contributed by atoms with Gasteiger partial charge in [-0.05, 0) is 91.6 Å². The van der Waals surface area contributed by atoms with Gasteiger partial charge in [-0.2, -0.15) is 0 Å². The predicted molar refractivity (Wildman–Crippen MR) is 340 cm³/mol. The molecule has 0 radical (unpaired) electrons. The Morgan fingerprint density at radius 2 is 1.41 bits per heavy atom. The minimum atomic E-state index is -2.23. The van der Waals surface area contributed by atoms with E-state index >= 15 is 0 Å². The minimum absolute atomic E-state index is 0. The number of piperidine rings is 1. The van der Waals surface area contributed by atoms with Gasteiger partial charge in [0, 0.05) is 92.4 Å². The number of aliphatic hydroxyl groups is 6. The van der Waals surface area contributed by atoms with Crippen molar-refractivity contribution < 1.29 is 127 Å². The van der Waals surface area contributed by atoms with Crippen molar-refractivity contribution in [1.29, 1.82) is 0 Å². The molecular weight excluding hydrogens is 1340 g/mol. The third-order valence-corrected chi connectivity index (χ3v) is 19.1. The Labute approximate surface area is 590 Å². The van der Waals surface area contributed by atoms with Crippen molar-refractivity contribution in [2.24, 2.45) is 11.7 Å². The number of carbonyl (C=O) groups is 8. The average molecular weight is 1410 g/mol. The van der Waals surface area contributed by atoms with Gasteiger partial charge in [0.05, 0.1) is 48.6 Å². The van der Waals surface area contributed by atoms with E-state index in [0.717, 1.165) is 71.6 Å². The van der Waals surface area contributed by atoms with Crippen molar-refractivity contribution in [2.45, 2.75) is 131 Å². The quantitative estimate of drug-likeness (QED) is 0.0129. The first-order chi connectivity index (χ1) is 45.8. The van der Waals surface area contributed by atoms with Gasteiger partial charge in [0.25, 0.3) is 18.2 Å². The van der Waals surface area contributed by atoms with Crippen molar-refractivity contribution in [3.05, 3.63) is 113 Å². The molecule has 8 amide bonds. The second kappa shape index (κ2) is 33.6. The molecule has 31 nitrogen and oxygen atoms in total. The number of rotatable bonds is 18. The van der Waals surface area contributed by atoms with Crippen molar-refractivity contribution in [3.8, 4) is 32.6 Å². The molecule has 5 heterocycles. The van der Waals surface area contributed by atoms with Gasteiger partial charge in [-0.3, -0.25) is 43.4 Å². The molecule has 4 fully saturated rings. The Hall–Kier alpha value is -7.16. The van der Waals surface area contributed by atoms with Gasteiger partial charge >= 0.3 is 29.6 Å². The van der Waals surface area contributed by atoms with Crippen LogP contribution in [0.25, 0.3) is 21.1 Å². The molecule has 14 N–H and O–H groups in total. The fourth-order valence-electron chi connectivity index (χ4n) is 12.2. The zero-order chi connectivity index (χ0) is 69.3. The summed E-state index contributed by atoms with van der Waals surface area (Å²) < 4.78 is 15.2. The van der Waals surface area contributed by atoms with Crippen LogP contribution in [0.5, 0.6) is 11.5 Å². The SMILES string of the molecule is COC1(c2ccc(Cl)cc2)CCN(c2ccc(-c3nnc(-c4ccc(C(=O)N[C@H]5CC(O)CNC(=O)C6C(O)C(C)CN6C(=O)C(C(O)CC(N)=O)NC(=O)C(C(O)Cc6ccc(O)c(OSOO[O-])c6)NC(=O)C6CC(O)CN6C(=O)C(C(C)O)NC5=O)cc4)s3)cc2)CC1.[Na+]. The number of halogens is 1. The average Bonchev–Trinajstić information content (AvgIpc) is 1.76. The van der Waals surface area contributed by atoms with Gasteiger partial charge in [-0.1, -0.05) is 60.2 Å². The first-order valence-corrected chi connectivity index (χ1v) is 32.3. The maximum atomic E-state index is 14.7. The van der Waals surface area contributed by atoms with Gasteiger partial charge in [0.15, 0.2) is 11.5 Å². The van der Waals surface area contributed by atoms with Crippen LogP contribution in [0.3, 0.4) is 0 Å². The van der Waals surface area contributed by atoms with E-state index in [-0.39, 0.29) is 58.8 Å². The Balaban J connectivity index is 0.0000120. The smallest absolute Gasteiger partial charge is 0.691 e. The maximum absolute atomic E-state index is 14.7. The number of nitrogens with two attached hydrogens (primary N) is 1. The summed E-state index contributed by atoms with van der Waals surface area (Å²) in [5.41, 5.74) is 8.55. The number of aliphatic hydroxyl groups excluding tert-OH is 6. The molecule has 9 rings (SSSR count). The number of aromatic nitrogens is 2. The molecule has 0 bridgehead atoms. The van der Waals surface area contributed by atoms with Crippen molar-refractivity contribution in [2.75, 3.05) is 44.7 Å². The number of anilines is 1. The normalized spacial score (nSPS) is 25.4. The molecule has 0 saturated carbocycles. The number of amides is 8. The van der Waals surface area contributed by atoms with E-state index in [9.17, 15) is 79.4 Å². The van der Waals surface area contributed by atoms with Gasteiger partial charge in [0.2, 0.25) is 41.4 Å². The zero-order valence-electron chi connectivity index (χ0n) is 52.9. The van der Waals surface area contributed by atoms with Crippen LogP contribution >= 0.6 is 35.3 Å². The second-order valence-electron chi connectivity index (χ2n) is 24.0. The molecule has 12 unspecified atom stereocenters. The standard InChI is InChI=1S/C62H74ClN11O20S2.Na/c1-30-28-74-51(52(30)82)57(87)65-27-39(76)24-41(66-53(83)33-5-7-34(8-6-33)58-70-71-59(95-58)35-9-15-38(16-10-35)72-20-18-62(91-3,19-21-72)36-11-13-37(63)14-12-36)54(84)67-48(31(2)75)60(88)73-29-40(77)25-42(73)55(85)68-49(56(86)69-50(61(74)89)45(80)26-47(64)81)44(79)22-32-4-17-43(78)46(23-32)92-96-94-93-90;/h4-17,23,30-31,39-42,44-45,48-52,75-80,82,90H,18-22,24-29H2,1-3H3,(H2,64,81)(H,65,87)(H,66,83)(H,67,84)(H,68,85)(H,69,86);/q;+1/p-1/t30?,31?,39?,40?,41-,42?,44?,45?,48?,49?,50?,51?,52?;/m0./s1. The number of nitrogens with one attached hydrogen (secondary N) is 5. The third kappa shape index (κ3) is 18.2. The molecule has 97 heavy (non-hydrogen) atoms. The summed E-state index contributed by atoms with van der Waals surface area (Å²) in [5, 5.41) is 115. The summed E-state index contributed by atoms with van der Waals surface area (Å²) >= 11 is 7.45. The Kier molecular flexibility index (Phi) is 26.2. The molecule has 516 valence electrons. The number of carbonyl (C=O) groups excluding carboxylic acids is 8. The van der Waals surface area contributed by atoms with Crippen LogP contribution in [0.2, 0.25) is 5.02 Å². The first-order valence-electron chi connectivity index (χ1n) is 30.5. The molecule has 4 aliphatic heterocycles. The zero-order valence-corrected chi connectivity index (χ0v) is 57.3. The van der Waals surface area contributed by atoms with Crippen LogP contribution < -0.4 is 76.2 Å². The number of phenols is 1. The van der Waals surface area contributed by atoms with E-state index in [0.29, 0.717) is 20.6 Å². The molecule has 0 spiro atoms. The molecule has 4 aliphatic rings. The van der Waals surface area contributed by atoms with E-state index in [1.165, 1.54) is 36.5 Å². The summed E-state index contributed by atoms with van der Waals surface area (Å²) in [5.74, 6) is -11.2. The molecule has 5 aromatic rings. The fourth-order valence-corrected chi connectivity index (χ4v) is 13.4. The number of benzene rings is 4. The number of nitrogens with zero attached hydrogens (tertiary/aromatic N) is 5. The summed E-state index contributed by atoms with van der Waals surface area (Å²) in [4.78, 5) is 118. The van der Waals surface area contributed by atoms with Gasteiger partial charge in [-0.25, -0.2) is 0 Å². The van der Waals surface area contributed by atoms with Crippen LogP contribution in [0.4, 0.5) is 5.69 Å². The molecule has 4 saturated heterocycles. The van der Waals surface area contributed by atoms with E-state index < -0.39 is 183 Å². The van der Waals surface area contributed by atoms with Gasteiger partial charge < -0.3 is 96.9 Å². The van der Waals surface area contributed by atoms with Gasteiger partial charge in [0.1, 0.15) is 46.3 Å². The van der Waals surface area contributed by atoms with E-state index in [2.05, 4.69) is 51.1 Å². The largest absolute Gasteiger partial charge is 1.00 e. The number of primary amides is 1. The second-order valence-corrected chi connectivity index (χ2v) is 25.8. The molecule has 0 aliphatic carbocycles. The van der Waals surface area contributed by atoms with E-state index in [1.54, 1.807) is 19.2 Å². The fraction of sp³-hybridized carbons (Fsp3) is 0.452. The minimum Gasteiger partial charge on any atom is -0.691 e. The van der Waals surface area contributed by atoms with E-state index in [1.807, 2.05) is 48.5 Å². The van der Waals surface area contributed by atoms with Gasteiger partial charge in [-0.15, -0.1) is 14.5 Å². The van der Waals surface area contributed by atoms with Crippen molar-refractivity contribution in [1.82, 2.24) is 46.6 Å². The number of β-amino-alcohol motifs (C(OH)–C–C–N with tert-alkyl or cyclic N) is 1. The topological polar surface area (TPSA) is 460 Å². The van der Waals surface area contributed by atoms with Crippen LogP contribution in [-0.4, -0.2) is 216 Å². The van der Waals surface area contributed by atoms with Crippen molar-refractivity contribution in [3.63, 3.8) is 0 Å². The Morgan fingerprint density at radius 1 is 0.794 bits per heavy atom. The summed E-state index contributed by atoms with van der Waals surface area (Å²) in [6.07, 6.45) is -12.2. The Morgan fingerprint density at radius 3 is 2.03 bits per heavy atom. The maximum Gasteiger partial charge on any atom is 1.00 e. The first kappa shape index (κ1) is 75.6. The number of fused-ring (bicyclic) bond motifs is 2. The summed E-state index contributed by atoms with van der Waals surface area (Å²) in [7, 11) is 1.73. The monoisotopic (exact) mass is 1410 g/mol. The number of hydrogen-bond acceptors (Lipinski definition) is 25. The van der Waals surface area contributed by atoms with Crippen LogP contribution in [-0.2, 0) is 59.7 Å². The number of ether oxygens (including phenoxy) is 1. The number of phenolic OH excluding ortho intramolecular Hbond substituents is 1. The summed E-state index contributed by atoms with van der Waals surface area (Å²) in [6.45, 7) is 2.34. The van der Waals surface area contributed by atoms with Crippen LogP contribution in [0.15, 0.2) is 91.0 Å². The number of aromatic hydroxyl groups is 1. The molecule has 4 aromatic carbocycles. The van der Waals surface area contributed by atoms with Crippen LogP contribution in [0, 0.1) is 5.92 Å². The van der Waals surface area contributed by atoms with Crippen molar-refractivity contribution >= 4 is 88.2 Å². The predicted octanol–water partition coefficient (Wildman–Crippen LogP) is -4.63. The van der Waals surface area contributed by atoms with E-state index in [4.69, 9.17) is 26.3 Å².